The summed E-state index contributed by atoms with van der Waals surface area (Å²) >= 11 is 0. The SMILES string of the molecule is NNC1=Nc2c(cccc2[N+](=O)[O-])C(c2ccccc2)=NC1. The van der Waals surface area contributed by atoms with Crippen LogP contribution in [0.4, 0.5) is 11.4 Å². The van der Waals surface area contributed by atoms with E-state index in [0.29, 0.717) is 17.1 Å². The average molecular weight is 295 g/mol. The number of hydrogen-bond acceptors (Lipinski definition) is 6. The number of nitro groups is 1. The summed E-state index contributed by atoms with van der Waals surface area (Å²) in [7, 11) is 0. The number of nitrogens with two attached hydrogens (primary N) is 1. The summed E-state index contributed by atoms with van der Waals surface area (Å²) in [6.45, 7) is 0.229. The molecule has 0 aliphatic carbocycles. The van der Waals surface area contributed by atoms with Gasteiger partial charge in [-0.25, -0.2) is 10.8 Å². The van der Waals surface area contributed by atoms with Gasteiger partial charge >= 0.3 is 0 Å². The van der Waals surface area contributed by atoms with Crippen LogP contribution >= 0.6 is 0 Å². The molecular weight excluding hydrogens is 282 g/mol. The Balaban J connectivity index is 2.25. The lowest BCUT2D eigenvalue weighted by molar-refractivity contribution is -0.384. The van der Waals surface area contributed by atoms with Crippen molar-refractivity contribution in [3.63, 3.8) is 0 Å². The molecule has 3 N–H and O–H groups in total. The van der Waals surface area contributed by atoms with Crippen LogP contribution in [0.5, 0.6) is 0 Å². The van der Waals surface area contributed by atoms with Crippen molar-refractivity contribution in [1.29, 1.82) is 0 Å². The van der Waals surface area contributed by atoms with E-state index in [2.05, 4.69) is 15.4 Å². The summed E-state index contributed by atoms with van der Waals surface area (Å²) in [6, 6.07) is 14.3. The van der Waals surface area contributed by atoms with Crippen molar-refractivity contribution in [1.82, 2.24) is 5.43 Å². The third-order valence-corrected chi connectivity index (χ3v) is 3.31. The zero-order valence-corrected chi connectivity index (χ0v) is 11.6. The molecule has 0 aromatic heterocycles. The molecule has 0 saturated carbocycles. The fraction of sp³-hybridized carbons (Fsp3) is 0.0667. The second-order valence-corrected chi connectivity index (χ2v) is 4.66. The van der Waals surface area contributed by atoms with Crippen LogP contribution in [-0.2, 0) is 0 Å². The van der Waals surface area contributed by atoms with Crippen molar-refractivity contribution in [2.24, 2.45) is 15.8 Å². The van der Waals surface area contributed by atoms with E-state index in [-0.39, 0.29) is 17.9 Å². The van der Waals surface area contributed by atoms with Crippen LogP contribution in [-0.4, -0.2) is 23.0 Å². The van der Waals surface area contributed by atoms with E-state index >= 15 is 0 Å². The van der Waals surface area contributed by atoms with Gasteiger partial charge in [0.15, 0.2) is 5.69 Å². The van der Waals surface area contributed by atoms with E-state index in [1.165, 1.54) is 6.07 Å². The molecule has 0 atom stereocenters. The molecule has 2 aromatic rings. The molecule has 0 bridgehead atoms. The normalized spacial score (nSPS) is 13.5. The predicted octanol–water partition coefficient (Wildman–Crippen LogP) is 1.94. The second-order valence-electron chi connectivity index (χ2n) is 4.66. The lowest BCUT2D eigenvalue weighted by Crippen LogP contribution is -2.32. The lowest BCUT2D eigenvalue weighted by Gasteiger charge is -2.08. The Bertz CT molecular complexity index is 784. The summed E-state index contributed by atoms with van der Waals surface area (Å²) in [4.78, 5) is 19.6. The third-order valence-electron chi connectivity index (χ3n) is 3.31. The molecule has 3 rings (SSSR count). The number of rotatable bonds is 2. The Morgan fingerprint density at radius 3 is 2.59 bits per heavy atom. The molecule has 0 unspecified atom stereocenters. The fourth-order valence-corrected chi connectivity index (χ4v) is 2.32. The summed E-state index contributed by atoms with van der Waals surface area (Å²) in [5.41, 5.74) is 4.78. The van der Waals surface area contributed by atoms with Crippen LogP contribution in [0.2, 0.25) is 0 Å². The number of benzene rings is 2. The minimum Gasteiger partial charge on any atom is -0.310 e. The quantitative estimate of drug-likeness (QED) is 0.501. The van der Waals surface area contributed by atoms with Crippen LogP contribution in [0.15, 0.2) is 58.5 Å². The van der Waals surface area contributed by atoms with Crippen molar-refractivity contribution in [3.8, 4) is 0 Å². The van der Waals surface area contributed by atoms with Gasteiger partial charge in [0.05, 0.1) is 17.2 Å². The summed E-state index contributed by atoms with van der Waals surface area (Å²) < 4.78 is 0. The molecule has 0 amide bonds. The Morgan fingerprint density at radius 1 is 1.14 bits per heavy atom. The van der Waals surface area contributed by atoms with Gasteiger partial charge in [0.25, 0.3) is 5.69 Å². The fourth-order valence-electron chi connectivity index (χ4n) is 2.32. The van der Waals surface area contributed by atoms with Gasteiger partial charge in [-0.15, -0.1) is 0 Å². The van der Waals surface area contributed by atoms with Gasteiger partial charge < -0.3 is 5.43 Å². The number of aliphatic imine (C=N–C) groups is 2. The molecule has 0 fully saturated rings. The smallest absolute Gasteiger partial charge is 0.295 e. The number of hydrogen-bond donors (Lipinski definition) is 2. The van der Waals surface area contributed by atoms with Gasteiger partial charge in [0.1, 0.15) is 5.84 Å². The number of nitrogens with zero attached hydrogens (tertiary/aromatic N) is 3. The number of amidine groups is 1. The summed E-state index contributed by atoms with van der Waals surface area (Å²) in [5, 5.41) is 11.3. The summed E-state index contributed by atoms with van der Waals surface area (Å²) in [6.07, 6.45) is 0. The zero-order chi connectivity index (χ0) is 15.5. The van der Waals surface area contributed by atoms with E-state index in [4.69, 9.17) is 5.84 Å². The number of nitrogens with one attached hydrogen (secondary N) is 1. The van der Waals surface area contributed by atoms with Gasteiger partial charge in [0.2, 0.25) is 0 Å². The number of nitro benzene ring substituents is 1. The zero-order valence-electron chi connectivity index (χ0n) is 11.6. The maximum Gasteiger partial charge on any atom is 0.295 e. The first kappa shape index (κ1) is 13.9. The van der Waals surface area contributed by atoms with E-state index < -0.39 is 4.92 Å². The van der Waals surface area contributed by atoms with Gasteiger partial charge in [-0.3, -0.25) is 15.1 Å². The first-order valence-corrected chi connectivity index (χ1v) is 6.62. The third kappa shape index (κ3) is 2.45. The molecule has 7 nitrogen and oxygen atoms in total. The minimum atomic E-state index is -0.454. The molecule has 2 aromatic carbocycles. The molecule has 0 spiro atoms. The Kier molecular flexibility index (Phi) is 3.63. The highest BCUT2D eigenvalue weighted by atomic mass is 16.6. The molecule has 0 saturated heterocycles. The first-order chi connectivity index (χ1) is 10.7. The van der Waals surface area contributed by atoms with E-state index in [1.807, 2.05) is 30.3 Å². The van der Waals surface area contributed by atoms with Gasteiger partial charge in [0, 0.05) is 17.2 Å². The Morgan fingerprint density at radius 2 is 1.91 bits per heavy atom. The minimum absolute atomic E-state index is 0.0734. The molecule has 7 heteroatoms. The predicted molar refractivity (Wildman–Crippen MR) is 84.5 cm³/mol. The summed E-state index contributed by atoms with van der Waals surface area (Å²) in [5.74, 6) is 5.80. The monoisotopic (exact) mass is 295 g/mol. The maximum atomic E-state index is 11.3. The highest BCUT2D eigenvalue weighted by Gasteiger charge is 2.23. The van der Waals surface area contributed by atoms with E-state index in [1.54, 1.807) is 12.1 Å². The molecule has 1 aliphatic rings. The van der Waals surface area contributed by atoms with Crippen LogP contribution in [0.3, 0.4) is 0 Å². The highest BCUT2D eigenvalue weighted by Crippen LogP contribution is 2.34. The van der Waals surface area contributed by atoms with Gasteiger partial charge in [-0.1, -0.05) is 42.5 Å². The molecule has 0 radical (unpaired) electrons. The van der Waals surface area contributed by atoms with Crippen LogP contribution in [0, 0.1) is 10.1 Å². The lowest BCUT2D eigenvalue weighted by atomic mass is 10.00. The van der Waals surface area contributed by atoms with Gasteiger partial charge in [-0.2, -0.15) is 0 Å². The van der Waals surface area contributed by atoms with Crippen LogP contribution < -0.4 is 11.3 Å². The van der Waals surface area contributed by atoms with Crippen molar-refractivity contribution in [2.45, 2.75) is 0 Å². The van der Waals surface area contributed by atoms with Crippen molar-refractivity contribution >= 4 is 22.9 Å². The van der Waals surface area contributed by atoms with Crippen molar-refractivity contribution in [2.75, 3.05) is 6.54 Å². The molecular formula is C15H13N5O2. The van der Waals surface area contributed by atoms with Crippen LogP contribution in [0.25, 0.3) is 0 Å². The molecule has 1 aliphatic heterocycles. The number of hydrazine groups is 1. The van der Waals surface area contributed by atoms with Crippen molar-refractivity contribution in [3.05, 3.63) is 69.8 Å². The van der Waals surface area contributed by atoms with Gasteiger partial charge in [-0.05, 0) is 0 Å². The van der Waals surface area contributed by atoms with Crippen molar-refractivity contribution < 1.29 is 4.92 Å². The molecule has 1 heterocycles. The van der Waals surface area contributed by atoms with E-state index in [9.17, 15) is 10.1 Å². The highest BCUT2D eigenvalue weighted by molar-refractivity contribution is 6.18. The Hall–Kier alpha value is -3.06. The first-order valence-electron chi connectivity index (χ1n) is 6.62. The van der Waals surface area contributed by atoms with E-state index in [0.717, 1.165) is 5.56 Å². The second kappa shape index (κ2) is 5.74. The average Bonchev–Trinajstić information content (AvgIpc) is 2.74. The number of para-hydroxylation sites is 1. The molecule has 22 heavy (non-hydrogen) atoms. The maximum absolute atomic E-state index is 11.3. The number of fused-ring (bicyclic) bond motifs is 1. The largest absolute Gasteiger partial charge is 0.310 e. The van der Waals surface area contributed by atoms with Crippen LogP contribution in [0.1, 0.15) is 11.1 Å². The topological polar surface area (TPSA) is 106 Å². The molecule has 110 valence electrons. The standard InChI is InChI=1S/C15H13N5O2/c16-19-13-9-17-14(10-5-2-1-3-6-10)11-7-4-8-12(20(21)22)15(11)18-13/h1-8H,9,16H2,(H,18,19). The Labute approximate surface area is 126 Å².